The largest absolute Gasteiger partial charge is 0.478 e. The van der Waals surface area contributed by atoms with E-state index in [0.29, 0.717) is 24.9 Å². The van der Waals surface area contributed by atoms with Crippen molar-refractivity contribution < 1.29 is 18.3 Å². The van der Waals surface area contributed by atoms with Gasteiger partial charge in [-0.2, -0.15) is 4.31 Å². The minimum Gasteiger partial charge on any atom is -0.478 e. The summed E-state index contributed by atoms with van der Waals surface area (Å²) in [6.07, 6.45) is 0.800. The number of sulfonamides is 1. The second-order valence-electron chi connectivity index (χ2n) is 5.72. The number of carboxylic acids is 1. The number of benzene rings is 1. The fourth-order valence-corrected chi connectivity index (χ4v) is 4.27. The molecule has 1 aliphatic heterocycles. The monoisotopic (exact) mass is 312 g/mol. The van der Waals surface area contributed by atoms with Gasteiger partial charge in [-0.1, -0.05) is 13.8 Å². The average molecular weight is 312 g/mol. The van der Waals surface area contributed by atoms with E-state index in [1.165, 1.54) is 22.5 Å². The molecule has 1 aliphatic rings. The molecule has 116 valence electrons. The third kappa shape index (κ3) is 3.03. The van der Waals surface area contributed by atoms with E-state index >= 15 is 0 Å². The number of nitrogens with zero attached hydrogens (tertiary/aromatic N) is 1. The molecular formula is C14H20N2O4S. The topological polar surface area (TPSA) is 101 Å². The lowest BCUT2D eigenvalue weighted by Crippen LogP contribution is -2.30. The number of hydrogen-bond acceptors (Lipinski definition) is 4. The highest BCUT2D eigenvalue weighted by Gasteiger charge is 2.35. The molecule has 0 aliphatic carbocycles. The summed E-state index contributed by atoms with van der Waals surface area (Å²) < 4.78 is 26.7. The molecule has 1 aromatic carbocycles. The number of rotatable bonds is 4. The normalized spacial score (nSPS) is 20.0. The summed E-state index contributed by atoms with van der Waals surface area (Å²) in [5, 5.41) is 9.20. The van der Waals surface area contributed by atoms with Crippen LogP contribution in [0.4, 0.5) is 5.69 Å². The van der Waals surface area contributed by atoms with Crippen LogP contribution < -0.4 is 5.73 Å². The average Bonchev–Trinajstić information content (AvgIpc) is 2.88. The fourth-order valence-electron chi connectivity index (χ4n) is 2.60. The SMILES string of the molecule is CC(C)C1CCN(S(=O)(=O)c2ccc(N)cc2C(=O)O)C1. The zero-order valence-electron chi connectivity index (χ0n) is 12.1. The quantitative estimate of drug-likeness (QED) is 0.823. The maximum Gasteiger partial charge on any atom is 0.337 e. The summed E-state index contributed by atoms with van der Waals surface area (Å²) in [5.41, 5.74) is 5.51. The Kier molecular flexibility index (Phi) is 4.25. The Balaban J connectivity index is 2.39. The van der Waals surface area contributed by atoms with Gasteiger partial charge in [0.2, 0.25) is 10.0 Å². The lowest BCUT2D eigenvalue weighted by molar-refractivity contribution is 0.0692. The number of anilines is 1. The first kappa shape index (κ1) is 15.8. The summed E-state index contributed by atoms with van der Waals surface area (Å²) in [5.74, 6) is -0.585. The highest BCUT2D eigenvalue weighted by atomic mass is 32.2. The van der Waals surface area contributed by atoms with Crippen molar-refractivity contribution >= 4 is 21.7 Å². The molecule has 2 rings (SSSR count). The van der Waals surface area contributed by atoms with E-state index in [4.69, 9.17) is 5.73 Å². The fraction of sp³-hybridized carbons (Fsp3) is 0.500. The van der Waals surface area contributed by atoms with E-state index in [-0.39, 0.29) is 16.1 Å². The number of nitrogen functional groups attached to an aromatic ring is 1. The van der Waals surface area contributed by atoms with Crippen LogP contribution in [-0.2, 0) is 10.0 Å². The number of nitrogens with two attached hydrogens (primary N) is 1. The van der Waals surface area contributed by atoms with Crippen molar-refractivity contribution in [3.05, 3.63) is 23.8 Å². The van der Waals surface area contributed by atoms with Crippen LogP contribution >= 0.6 is 0 Å². The molecule has 21 heavy (non-hydrogen) atoms. The van der Waals surface area contributed by atoms with Crippen molar-refractivity contribution in [2.45, 2.75) is 25.2 Å². The van der Waals surface area contributed by atoms with Crippen LogP contribution in [0.5, 0.6) is 0 Å². The minimum absolute atomic E-state index is 0.186. The standard InChI is InChI=1S/C14H20N2O4S/c1-9(2)10-5-6-16(8-10)21(19,20)13-4-3-11(15)7-12(13)14(17)18/h3-4,7,9-10H,5-6,8,15H2,1-2H3,(H,17,18). The van der Waals surface area contributed by atoms with E-state index in [1.807, 2.05) is 0 Å². The van der Waals surface area contributed by atoms with Gasteiger partial charge in [-0.15, -0.1) is 0 Å². The third-order valence-electron chi connectivity index (χ3n) is 3.98. The van der Waals surface area contributed by atoms with Gasteiger partial charge in [0.25, 0.3) is 0 Å². The summed E-state index contributed by atoms with van der Waals surface area (Å²) in [6, 6.07) is 3.87. The van der Waals surface area contributed by atoms with Gasteiger partial charge < -0.3 is 10.8 Å². The van der Waals surface area contributed by atoms with Crippen LogP contribution in [0.25, 0.3) is 0 Å². The predicted molar refractivity (Wildman–Crippen MR) is 79.5 cm³/mol. The van der Waals surface area contributed by atoms with E-state index < -0.39 is 16.0 Å². The van der Waals surface area contributed by atoms with Gasteiger partial charge in [-0.25, -0.2) is 13.2 Å². The molecule has 0 spiro atoms. The minimum atomic E-state index is -3.80. The highest BCUT2D eigenvalue weighted by molar-refractivity contribution is 7.89. The van der Waals surface area contributed by atoms with Crippen molar-refractivity contribution in [1.29, 1.82) is 0 Å². The van der Waals surface area contributed by atoms with Crippen LogP contribution in [-0.4, -0.2) is 36.9 Å². The van der Waals surface area contributed by atoms with Gasteiger partial charge in [0.15, 0.2) is 0 Å². The first-order valence-electron chi connectivity index (χ1n) is 6.86. The van der Waals surface area contributed by atoms with Gasteiger partial charge in [0.1, 0.15) is 0 Å². The molecular weight excluding hydrogens is 292 g/mol. The molecule has 0 saturated carbocycles. The van der Waals surface area contributed by atoms with Crippen molar-refractivity contribution in [1.82, 2.24) is 4.31 Å². The molecule has 1 saturated heterocycles. The van der Waals surface area contributed by atoms with E-state index in [0.717, 1.165) is 6.42 Å². The van der Waals surface area contributed by atoms with Crippen molar-refractivity contribution in [3.8, 4) is 0 Å². The number of carboxylic acid groups (broad SMARTS) is 1. The Hall–Kier alpha value is -1.60. The molecule has 1 aromatic rings. The van der Waals surface area contributed by atoms with Gasteiger partial charge >= 0.3 is 5.97 Å². The molecule has 0 radical (unpaired) electrons. The van der Waals surface area contributed by atoms with E-state index in [1.54, 1.807) is 0 Å². The molecule has 1 unspecified atom stereocenters. The van der Waals surface area contributed by atoms with Gasteiger partial charge in [-0.05, 0) is 36.5 Å². The molecule has 1 heterocycles. The smallest absolute Gasteiger partial charge is 0.337 e. The van der Waals surface area contributed by atoms with Crippen LogP contribution in [0.15, 0.2) is 23.1 Å². The highest BCUT2D eigenvalue weighted by Crippen LogP contribution is 2.30. The van der Waals surface area contributed by atoms with Crippen LogP contribution in [0.1, 0.15) is 30.6 Å². The van der Waals surface area contributed by atoms with Crippen LogP contribution in [0.3, 0.4) is 0 Å². The molecule has 0 bridgehead atoms. The van der Waals surface area contributed by atoms with Gasteiger partial charge in [0, 0.05) is 18.8 Å². The summed E-state index contributed by atoms with van der Waals surface area (Å²) in [6.45, 7) is 4.98. The van der Waals surface area contributed by atoms with E-state index in [2.05, 4.69) is 13.8 Å². The first-order chi connectivity index (χ1) is 9.73. The lowest BCUT2D eigenvalue weighted by Gasteiger charge is -2.19. The molecule has 1 fully saturated rings. The molecule has 6 nitrogen and oxygen atoms in total. The molecule has 0 aromatic heterocycles. The first-order valence-corrected chi connectivity index (χ1v) is 8.30. The van der Waals surface area contributed by atoms with Crippen molar-refractivity contribution in [2.24, 2.45) is 11.8 Å². The summed E-state index contributed by atoms with van der Waals surface area (Å²) >= 11 is 0. The van der Waals surface area contributed by atoms with Crippen molar-refractivity contribution in [3.63, 3.8) is 0 Å². The number of hydrogen-bond donors (Lipinski definition) is 2. The van der Waals surface area contributed by atoms with Crippen LogP contribution in [0.2, 0.25) is 0 Å². The summed E-state index contributed by atoms with van der Waals surface area (Å²) in [7, 11) is -3.80. The van der Waals surface area contributed by atoms with Crippen molar-refractivity contribution in [2.75, 3.05) is 18.8 Å². The zero-order chi connectivity index (χ0) is 15.8. The Morgan fingerprint density at radius 2 is 2.10 bits per heavy atom. The second kappa shape index (κ2) is 5.65. The maximum atomic E-state index is 12.7. The third-order valence-corrected chi connectivity index (χ3v) is 5.91. The maximum absolute atomic E-state index is 12.7. The lowest BCUT2D eigenvalue weighted by atomic mass is 9.96. The molecule has 7 heteroatoms. The molecule has 1 atom stereocenters. The Bertz CT molecular complexity index is 655. The number of aromatic carboxylic acids is 1. The van der Waals surface area contributed by atoms with Crippen LogP contribution in [0, 0.1) is 11.8 Å². The Labute approximate surface area is 124 Å². The Morgan fingerprint density at radius 3 is 2.62 bits per heavy atom. The molecule has 3 N–H and O–H groups in total. The van der Waals surface area contributed by atoms with Gasteiger partial charge in [-0.3, -0.25) is 0 Å². The summed E-state index contributed by atoms with van der Waals surface area (Å²) in [4.78, 5) is 11.1. The Morgan fingerprint density at radius 1 is 1.43 bits per heavy atom. The van der Waals surface area contributed by atoms with E-state index in [9.17, 15) is 18.3 Å². The van der Waals surface area contributed by atoms with Gasteiger partial charge in [0.05, 0.1) is 10.5 Å². The predicted octanol–water partition coefficient (Wildman–Crippen LogP) is 1.63. The second-order valence-corrected chi connectivity index (χ2v) is 7.62. The molecule has 0 amide bonds. The zero-order valence-corrected chi connectivity index (χ0v) is 12.9. The number of carbonyl (C=O) groups is 1.